The molecule has 154 valence electrons. The fourth-order valence-electron chi connectivity index (χ4n) is 3.97. The molecule has 6 heteroatoms. The zero-order chi connectivity index (χ0) is 20.5. The number of piperidine rings is 1. The second-order valence-corrected chi connectivity index (χ2v) is 8.83. The van der Waals surface area contributed by atoms with E-state index in [4.69, 9.17) is 4.74 Å². The van der Waals surface area contributed by atoms with E-state index < -0.39 is 5.60 Å². The zero-order valence-electron chi connectivity index (χ0n) is 17.6. The number of hydrogen-bond acceptors (Lipinski definition) is 3. The van der Waals surface area contributed by atoms with Gasteiger partial charge in [0.25, 0.3) is 0 Å². The van der Waals surface area contributed by atoms with E-state index in [2.05, 4.69) is 16.8 Å². The number of carbonyl (C=O) groups is 1. The number of fused-ring (bicyclic) bond motifs is 1. The van der Waals surface area contributed by atoms with Crippen LogP contribution in [0.1, 0.15) is 53.4 Å². The molecule has 1 saturated heterocycles. The van der Waals surface area contributed by atoms with Crippen LogP contribution in [-0.2, 0) is 4.74 Å². The van der Waals surface area contributed by atoms with Gasteiger partial charge in [-0.3, -0.25) is 0 Å². The summed E-state index contributed by atoms with van der Waals surface area (Å²) in [4.78, 5) is 19.2. The first-order valence-corrected chi connectivity index (χ1v) is 10.1. The maximum atomic E-state index is 15.0. The Labute approximate surface area is 166 Å². The first-order chi connectivity index (χ1) is 13.2. The summed E-state index contributed by atoms with van der Waals surface area (Å²) in [7, 11) is 1.98. The Kier molecular flexibility index (Phi) is 5.87. The second kappa shape index (κ2) is 8.02. The van der Waals surface area contributed by atoms with Crippen LogP contribution in [0.5, 0.6) is 0 Å². The van der Waals surface area contributed by atoms with Crippen molar-refractivity contribution in [2.24, 2.45) is 0 Å². The van der Waals surface area contributed by atoms with Crippen LogP contribution in [0.15, 0.2) is 23.8 Å². The van der Waals surface area contributed by atoms with Gasteiger partial charge in [-0.25, -0.2) is 9.18 Å². The number of ether oxygens (including phenoxy) is 1. The maximum Gasteiger partial charge on any atom is 0.410 e. The smallest absolute Gasteiger partial charge is 0.410 e. The van der Waals surface area contributed by atoms with Crippen LogP contribution in [0.2, 0.25) is 0 Å². The minimum Gasteiger partial charge on any atom is -0.444 e. The average Bonchev–Trinajstić information content (AvgIpc) is 3.07. The van der Waals surface area contributed by atoms with Crippen LogP contribution in [0.25, 0.3) is 11.6 Å². The van der Waals surface area contributed by atoms with Gasteiger partial charge in [0.2, 0.25) is 0 Å². The summed E-state index contributed by atoms with van der Waals surface area (Å²) in [5, 5.41) is 1.93. The van der Waals surface area contributed by atoms with Gasteiger partial charge < -0.3 is 19.5 Å². The Bertz CT molecular complexity index is 870. The number of hydrogen-bond donors (Lipinski definition) is 1. The molecule has 1 aliphatic carbocycles. The van der Waals surface area contributed by atoms with E-state index in [1.807, 2.05) is 40.1 Å². The number of carbonyl (C=O) groups excluding carboxylic acids is 1. The first kappa shape index (κ1) is 20.5. The van der Waals surface area contributed by atoms with Gasteiger partial charge in [-0.05, 0) is 70.7 Å². The van der Waals surface area contributed by atoms with Crippen molar-refractivity contribution < 1.29 is 13.9 Å². The molecule has 3 rings (SSSR count). The molecule has 1 aliphatic heterocycles. The first-order valence-electron chi connectivity index (χ1n) is 10.1. The highest BCUT2D eigenvalue weighted by atomic mass is 19.1. The normalized spacial score (nSPS) is 18.9. The van der Waals surface area contributed by atoms with Gasteiger partial charge in [-0.15, -0.1) is 0 Å². The van der Waals surface area contributed by atoms with E-state index in [0.29, 0.717) is 19.5 Å². The molecule has 1 aromatic heterocycles. The van der Waals surface area contributed by atoms with Crippen molar-refractivity contribution in [3.8, 4) is 0 Å². The van der Waals surface area contributed by atoms with Crippen molar-refractivity contribution in [2.45, 2.75) is 65.0 Å². The largest absolute Gasteiger partial charge is 0.444 e. The summed E-state index contributed by atoms with van der Waals surface area (Å²) in [5.41, 5.74) is 1.53. The lowest BCUT2D eigenvalue weighted by Gasteiger charge is -2.39. The molecule has 1 amide bonds. The molecule has 1 N–H and O–H groups in total. The molecule has 0 spiro atoms. The van der Waals surface area contributed by atoms with Gasteiger partial charge in [0.05, 0.1) is 0 Å². The van der Waals surface area contributed by atoms with Crippen molar-refractivity contribution >= 4 is 17.7 Å². The molecular weight excluding hydrogens is 357 g/mol. The summed E-state index contributed by atoms with van der Waals surface area (Å²) in [6.45, 7) is 9.00. The molecule has 0 aromatic carbocycles. The number of amides is 1. The lowest BCUT2D eigenvalue weighted by atomic mass is 10.00. The number of nitrogens with zero attached hydrogens (tertiary/aromatic N) is 2. The molecule has 0 bridgehead atoms. The van der Waals surface area contributed by atoms with Crippen LogP contribution in [0, 0.1) is 0 Å². The minimum absolute atomic E-state index is 0.173. The van der Waals surface area contributed by atoms with Crippen molar-refractivity contribution in [1.29, 1.82) is 0 Å². The van der Waals surface area contributed by atoms with E-state index in [1.165, 1.54) is 5.57 Å². The van der Waals surface area contributed by atoms with Gasteiger partial charge in [0, 0.05) is 43.4 Å². The van der Waals surface area contributed by atoms with Crippen molar-refractivity contribution in [2.75, 3.05) is 20.1 Å². The summed E-state index contributed by atoms with van der Waals surface area (Å²) in [6, 6.07) is 2.23. The molecule has 5 nitrogen and oxygen atoms in total. The van der Waals surface area contributed by atoms with Crippen LogP contribution in [0.4, 0.5) is 9.18 Å². The highest BCUT2D eigenvalue weighted by Gasteiger charge is 2.29. The third kappa shape index (κ3) is 4.59. The number of halogens is 1. The lowest BCUT2D eigenvalue weighted by molar-refractivity contribution is 0.0168. The highest BCUT2D eigenvalue weighted by molar-refractivity contribution is 5.68. The number of allylic oxidation sites excluding steroid dienone is 2. The monoisotopic (exact) mass is 389 g/mol. The quantitative estimate of drug-likeness (QED) is 0.845. The standard InChI is InChI=1S/C22H32FN3O2/c1-15-6-7-20(18(23)14-19-17(15)8-11-24-19)25(5)16-9-12-26(13-10-16)21(27)28-22(2,3)4/h8,11,14,16,24H,6-7,9-10,12-13H2,1-5H3. The number of nitrogens with one attached hydrogen (secondary N) is 1. The fourth-order valence-corrected chi connectivity index (χ4v) is 3.97. The second-order valence-electron chi connectivity index (χ2n) is 8.83. The zero-order valence-corrected chi connectivity index (χ0v) is 17.6. The highest BCUT2D eigenvalue weighted by Crippen LogP contribution is 2.27. The predicted molar refractivity (Wildman–Crippen MR) is 110 cm³/mol. The van der Waals surface area contributed by atoms with E-state index in [0.717, 1.165) is 35.5 Å². The molecule has 0 unspecified atom stereocenters. The molecular formula is C22H32FN3O2. The third-order valence-corrected chi connectivity index (χ3v) is 5.61. The maximum absolute atomic E-state index is 15.0. The Morgan fingerprint density at radius 2 is 1.96 bits per heavy atom. The number of aromatic amines is 1. The number of rotatable bonds is 2. The van der Waals surface area contributed by atoms with Crippen molar-refractivity contribution in [1.82, 2.24) is 14.8 Å². The Morgan fingerprint density at radius 1 is 1.29 bits per heavy atom. The van der Waals surface area contributed by atoms with Gasteiger partial charge in [0.15, 0.2) is 0 Å². The lowest BCUT2D eigenvalue weighted by Crippen LogP contribution is -2.47. The molecule has 28 heavy (non-hydrogen) atoms. The average molecular weight is 390 g/mol. The van der Waals surface area contributed by atoms with Crippen molar-refractivity contribution in [3.05, 3.63) is 34.4 Å². The Morgan fingerprint density at radius 3 is 2.61 bits per heavy atom. The minimum atomic E-state index is -0.488. The molecule has 2 aliphatic rings. The number of H-pyrrole nitrogens is 1. The van der Waals surface area contributed by atoms with Gasteiger partial charge in [0.1, 0.15) is 11.4 Å². The summed E-state index contributed by atoms with van der Waals surface area (Å²) < 4.78 is 20.5. The van der Waals surface area contributed by atoms with Crippen molar-refractivity contribution in [3.63, 3.8) is 0 Å². The SMILES string of the molecule is CC1=c2cc[nH]c2=CC(F)=C(N(C)C2CCN(C(=O)OC(C)(C)C)CC2)CC1. The van der Waals surface area contributed by atoms with Gasteiger partial charge in [-0.2, -0.15) is 0 Å². The molecule has 0 atom stereocenters. The topological polar surface area (TPSA) is 48.6 Å². The molecule has 2 heterocycles. The van der Waals surface area contributed by atoms with E-state index in [1.54, 1.807) is 11.0 Å². The Balaban J connectivity index is 1.70. The van der Waals surface area contributed by atoms with E-state index >= 15 is 4.39 Å². The van der Waals surface area contributed by atoms with Gasteiger partial charge in [-0.1, -0.05) is 5.57 Å². The molecule has 0 saturated carbocycles. The predicted octanol–water partition coefficient (Wildman–Crippen LogP) is 3.27. The number of aromatic nitrogens is 1. The number of likely N-dealkylation sites (tertiary alicyclic amines) is 1. The summed E-state index contributed by atoms with van der Waals surface area (Å²) in [5.74, 6) is -0.173. The Hall–Kier alpha value is -2.24. The van der Waals surface area contributed by atoms with E-state index in [-0.39, 0.29) is 18.0 Å². The van der Waals surface area contributed by atoms with Crippen LogP contribution < -0.4 is 10.6 Å². The third-order valence-electron chi connectivity index (χ3n) is 5.61. The van der Waals surface area contributed by atoms with Crippen LogP contribution in [-0.4, -0.2) is 52.7 Å². The molecule has 0 radical (unpaired) electrons. The molecule has 1 fully saturated rings. The summed E-state index contributed by atoms with van der Waals surface area (Å²) in [6.07, 6.45) is 6.34. The fraction of sp³-hybridized carbons (Fsp3) is 0.591. The van der Waals surface area contributed by atoms with Gasteiger partial charge >= 0.3 is 6.09 Å². The van der Waals surface area contributed by atoms with Crippen LogP contribution in [0.3, 0.4) is 0 Å². The van der Waals surface area contributed by atoms with Crippen LogP contribution >= 0.6 is 0 Å². The van der Waals surface area contributed by atoms with E-state index in [9.17, 15) is 4.79 Å². The molecule has 1 aromatic rings. The summed E-state index contributed by atoms with van der Waals surface area (Å²) >= 11 is 0.